The van der Waals surface area contributed by atoms with Crippen LogP contribution in [-0.4, -0.2) is 52.2 Å². The fourth-order valence-corrected chi connectivity index (χ4v) is 4.99. The summed E-state index contributed by atoms with van der Waals surface area (Å²) in [5.74, 6) is 0.622. The Bertz CT molecular complexity index is 1890. The van der Waals surface area contributed by atoms with Crippen molar-refractivity contribution in [2.75, 3.05) is 36.9 Å². The van der Waals surface area contributed by atoms with Crippen molar-refractivity contribution in [1.82, 2.24) is 19.7 Å². The maximum Gasteiger partial charge on any atom is 0.267 e. The summed E-state index contributed by atoms with van der Waals surface area (Å²) >= 11 is 0. The Kier molecular flexibility index (Phi) is 8.25. The van der Waals surface area contributed by atoms with Crippen molar-refractivity contribution in [2.45, 2.75) is 12.6 Å². The summed E-state index contributed by atoms with van der Waals surface area (Å²) in [6.45, 7) is 2.00. The average Bonchev–Trinajstić information content (AvgIpc) is 3.05. The number of nitrogens with zero attached hydrogens (tertiary/aromatic N) is 6. The maximum atomic E-state index is 14.4. The molecular formula is C33H28FN7O3. The van der Waals surface area contributed by atoms with Crippen LogP contribution in [0.3, 0.4) is 0 Å². The molecule has 0 aliphatic carbocycles. The smallest absolute Gasteiger partial charge is 0.267 e. The second kappa shape index (κ2) is 12.7. The van der Waals surface area contributed by atoms with Crippen molar-refractivity contribution in [2.24, 2.45) is 0 Å². The van der Waals surface area contributed by atoms with Gasteiger partial charge in [-0.3, -0.25) is 4.79 Å². The predicted octanol–water partition coefficient (Wildman–Crippen LogP) is 4.29. The summed E-state index contributed by atoms with van der Waals surface area (Å²) in [4.78, 5) is 23.5. The van der Waals surface area contributed by atoms with Gasteiger partial charge in [-0.25, -0.2) is 19.0 Å². The molecule has 1 atom stereocenters. The van der Waals surface area contributed by atoms with E-state index in [4.69, 9.17) is 15.2 Å². The number of benzene rings is 3. The zero-order chi connectivity index (χ0) is 30.5. The fourth-order valence-electron chi connectivity index (χ4n) is 4.99. The molecule has 5 aromatic rings. The molecule has 3 heterocycles. The van der Waals surface area contributed by atoms with E-state index in [9.17, 15) is 14.4 Å². The third-order valence-electron chi connectivity index (χ3n) is 7.19. The predicted molar refractivity (Wildman–Crippen MR) is 163 cm³/mol. The van der Waals surface area contributed by atoms with Gasteiger partial charge in [0.25, 0.3) is 5.56 Å². The molecule has 0 unspecified atom stereocenters. The van der Waals surface area contributed by atoms with Crippen molar-refractivity contribution in [3.63, 3.8) is 0 Å². The molecule has 0 spiro atoms. The first-order chi connectivity index (χ1) is 21.4. The van der Waals surface area contributed by atoms with Gasteiger partial charge < -0.3 is 20.1 Å². The number of nitriles is 1. The summed E-state index contributed by atoms with van der Waals surface area (Å²) in [6, 6.07) is 24.6. The molecule has 0 saturated carbocycles. The Labute approximate surface area is 252 Å². The van der Waals surface area contributed by atoms with Crippen LogP contribution in [0.15, 0.2) is 96.1 Å². The van der Waals surface area contributed by atoms with Gasteiger partial charge in [-0.2, -0.15) is 10.4 Å². The first-order valence-electron chi connectivity index (χ1n) is 14.0. The first-order valence-corrected chi connectivity index (χ1v) is 14.0. The van der Waals surface area contributed by atoms with Gasteiger partial charge in [0.05, 0.1) is 48.6 Å². The van der Waals surface area contributed by atoms with E-state index in [1.807, 2.05) is 35.2 Å². The molecule has 44 heavy (non-hydrogen) atoms. The van der Waals surface area contributed by atoms with Gasteiger partial charge in [-0.15, -0.1) is 0 Å². The molecule has 1 aliphatic heterocycles. The minimum atomic E-state index is -0.362. The lowest BCUT2D eigenvalue weighted by Gasteiger charge is -2.34. The number of halogens is 1. The molecule has 11 heteroatoms. The number of hydrogen-bond donors (Lipinski definition) is 1. The van der Waals surface area contributed by atoms with Crippen LogP contribution in [0.2, 0.25) is 0 Å². The minimum absolute atomic E-state index is 0.239. The molecule has 2 N–H and O–H groups in total. The van der Waals surface area contributed by atoms with Crippen LogP contribution in [0.5, 0.6) is 5.75 Å². The quantitative estimate of drug-likeness (QED) is 0.263. The van der Waals surface area contributed by atoms with Crippen molar-refractivity contribution in [1.29, 1.82) is 5.26 Å². The minimum Gasteiger partial charge on any atom is -0.488 e. The topological polar surface area (TPSA) is 132 Å². The van der Waals surface area contributed by atoms with Gasteiger partial charge in [-0.05, 0) is 48.0 Å². The molecular weight excluding hydrogens is 561 g/mol. The molecule has 0 radical (unpaired) electrons. The summed E-state index contributed by atoms with van der Waals surface area (Å²) in [5.41, 5.74) is 9.81. The number of ether oxygens (including phenoxy) is 2. The number of rotatable bonds is 8. The standard InChI is InChI=1S/C33H28FN7O3/c34-29-15-26(36)7-9-31(29)40-11-12-43-28(20-40)21-44-27-17-37-33(38-18-27)25-6-2-4-23(14-25)19-41-32(42)10-8-30(39-41)24-5-1-3-22(13-24)16-35/h1-10,13-15,17-18,28H,11-12,19-21,36H2/t28-/m1/s1. The normalized spacial score (nSPS) is 14.6. The lowest BCUT2D eigenvalue weighted by Crippen LogP contribution is -2.45. The van der Waals surface area contributed by atoms with Crippen molar-refractivity contribution < 1.29 is 13.9 Å². The third kappa shape index (κ3) is 6.56. The Morgan fingerprint density at radius 3 is 2.66 bits per heavy atom. The SMILES string of the molecule is N#Cc1cccc(-c2ccc(=O)n(Cc3cccc(-c4ncc(OC[C@H]5CN(c6ccc(N)cc6F)CCO5)cn4)c3)n2)c1. The van der Waals surface area contributed by atoms with Crippen molar-refractivity contribution in [3.8, 4) is 34.5 Å². The second-order valence-corrected chi connectivity index (χ2v) is 10.3. The number of aromatic nitrogens is 4. The Hall–Kier alpha value is -5.60. The molecule has 2 aromatic heterocycles. The molecule has 220 valence electrons. The molecule has 6 rings (SSSR count). The molecule has 1 fully saturated rings. The van der Waals surface area contributed by atoms with Crippen molar-refractivity contribution in [3.05, 3.63) is 119 Å². The lowest BCUT2D eigenvalue weighted by atomic mass is 10.1. The molecule has 1 saturated heterocycles. The number of nitrogens with two attached hydrogens (primary N) is 1. The van der Waals surface area contributed by atoms with E-state index in [1.165, 1.54) is 16.8 Å². The van der Waals surface area contributed by atoms with E-state index in [1.54, 1.807) is 48.8 Å². The number of nitrogen functional groups attached to an aromatic ring is 1. The number of hydrogen-bond acceptors (Lipinski definition) is 9. The highest BCUT2D eigenvalue weighted by atomic mass is 19.1. The van der Waals surface area contributed by atoms with Crippen LogP contribution in [0.25, 0.3) is 22.6 Å². The van der Waals surface area contributed by atoms with Gasteiger partial charge in [0.1, 0.15) is 18.5 Å². The van der Waals surface area contributed by atoms with Crippen molar-refractivity contribution >= 4 is 11.4 Å². The molecule has 1 aliphatic rings. The van der Waals surface area contributed by atoms with E-state index >= 15 is 0 Å². The molecule has 0 bridgehead atoms. The highest BCUT2D eigenvalue weighted by molar-refractivity contribution is 5.61. The van der Waals surface area contributed by atoms with Gasteiger partial charge in [0, 0.05) is 36.0 Å². The van der Waals surface area contributed by atoms with Crippen LogP contribution in [-0.2, 0) is 11.3 Å². The van der Waals surface area contributed by atoms with Gasteiger partial charge in [0.15, 0.2) is 11.6 Å². The van der Waals surface area contributed by atoms with Crippen LogP contribution in [0.4, 0.5) is 15.8 Å². The van der Waals surface area contributed by atoms with Gasteiger partial charge >= 0.3 is 0 Å². The van der Waals surface area contributed by atoms with Crippen LogP contribution in [0, 0.1) is 17.1 Å². The van der Waals surface area contributed by atoms with Gasteiger partial charge in [-0.1, -0.05) is 30.3 Å². The monoisotopic (exact) mass is 589 g/mol. The van der Waals surface area contributed by atoms with E-state index in [-0.39, 0.29) is 30.6 Å². The second-order valence-electron chi connectivity index (χ2n) is 10.3. The number of anilines is 2. The van der Waals surface area contributed by atoms with Gasteiger partial charge in [0.2, 0.25) is 0 Å². The van der Waals surface area contributed by atoms with Crippen LogP contribution < -0.4 is 20.9 Å². The first kappa shape index (κ1) is 28.5. The Morgan fingerprint density at radius 2 is 1.84 bits per heavy atom. The summed E-state index contributed by atoms with van der Waals surface area (Å²) < 4.78 is 27.5. The summed E-state index contributed by atoms with van der Waals surface area (Å²) in [6.07, 6.45) is 2.93. The number of morpholine rings is 1. The zero-order valence-electron chi connectivity index (χ0n) is 23.6. The largest absolute Gasteiger partial charge is 0.488 e. The fraction of sp³-hybridized carbons (Fsp3) is 0.182. The highest BCUT2D eigenvalue weighted by Gasteiger charge is 2.23. The average molecular weight is 590 g/mol. The highest BCUT2D eigenvalue weighted by Crippen LogP contribution is 2.24. The van der Waals surface area contributed by atoms with E-state index < -0.39 is 0 Å². The summed E-state index contributed by atoms with van der Waals surface area (Å²) in [7, 11) is 0. The van der Waals surface area contributed by atoms with Crippen LogP contribution >= 0.6 is 0 Å². The summed E-state index contributed by atoms with van der Waals surface area (Å²) in [5, 5.41) is 13.7. The van der Waals surface area contributed by atoms with Crippen LogP contribution in [0.1, 0.15) is 11.1 Å². The Balaban J connectivity index is 1.10. The third-order valence-corrected chi connectivity index (χ3v) is 7.19. The van der Waals surface area contributed by atoms with E-state index in [0.29, 0.717) is 53.9 Å². The maximum absolute atomic E-state index is 14.4. The van der Waals surface area contributed by atoms with E-state index in [0.717, 1.165) is 16.7 Å². The van der Waals surface area contributed by atoms with E-state index in [2.05, 4.69) is 21.1 Å². The molecule has 0 amide bonds. The molecule has 3 aromatic carbocycles. The molecule has 10 nitrogen and oxygen atoms in total. The zero-order valence-corrected chi connectivity index (χ0v) is 23.6. The lowest BCUT2D eigenvalue weighted by molar-refractivity contribution is 0.00994. The Morgan fingerprint density at radius 1 is 1.02 bits per heavy atom.